The Morgan fingerprint density at radius 3 is 2.26 bits per heavy atom. The Bertz CT molecular complexity index is 1370. The number of aliphatic hydroxyl groups is 1. The standard InChI is InChI=1S/C33H38BrN3O6/c1-5-17-35(22-11-9-8-10-12-22)30(39)26-27-31(40)37(21(7-3)20-38)29(33(27)19-25(34)28(26)43-33)32(41)36(18-6-2)23-13-15-24(42-4)16-14-23/h5-6,8-16,21,25-29,38H,1-2,7,17-20H2,3-4H3/t21-,25?,26+,27-,28+,29?,33?/m0/s1. The van der Waals surface area contributed by atoms with Crippen LogP contribution in [0, 0.1) is 11.8 Å². The van der Waals surface area contributed by atoms with Gasteiger partial charge in [-0.2, -0.15) is 0 Å². The van der Waals surface area contributed by atoms with Crippen LogP contribution in [0.1, 0.15) is 19.8 Å². The van der Waals surface area contributed by atoms with Crippen LogP contribution in [0.25, 0.3) is 0 Å². The summed E-state index contributed by atoms with van der Waals surface area (Å²) in [6, 6.07) is 14.6. The van der Waals surface area contributed by atoms with Crippen LogP contribution >= 0.6 is 15.9 Å². The fraction of sp³-hybridized carbons (Fsp3) is 0.424. The molecule has 3 unspecified atom stereocenters. The lowest BCUT2D eigenvalue weighted by atomic mass is 9.70. The third-order valence-corrected chi connectivity index (χ3v) is 9.77. The number of carbonyl (C=O) groups is 3. The zero-order chi connectivity index (χ0) is 30.9. The summed E-state index contributed by atoms with van der Waals surface area (Å²) in [7, 11) is 1.57. The molecule has 2 bridgehead atoms. The summed E-state index contributed by atoms with van der Waals surface area (Å²) in [4.78, 5) is 48.0. The Morgan fingerprint density at radius 2 is 1.70 bits per heavy atom. The van der Waals surface area contributed by atoms with Gasteiger partial charge in [-0.3, -0.25) is 14.4 Å². The zero-order valence-electron chi connectivity index (χ0n) is 24.5. The fourth-order valence-corrected chi connectivity index (χ4v) is 7.98. The summed E-state index contributed by atoms with van der Waals surface area (Å²) in [5.74, 6) is -2.06. The number of para-hydroxylation sites is 1. The van der Waals surface area contributed by atoms with Crippen molar-refractivity contribution in [2.45, 2.75) is 48.4 Å². The number of benzene rings is 2. The number of rotatable bonds is 12. The lowest BCUT2D eigenvalue weighted by Gasteiger charge is -2.39. The van der Waals surface area contributed by atoms with Crippen molar-refractivity contribution in [3.8, 4) is 5.75 Å². The Balaban J connectivity index is 1.61. The Labute approximate surface area is 260 Å². The van der Waals surface area contributed by atoms with E-state index in [0.29, 0.717) is 30.0 Å². The number of nitrogens with zero attached hydrogens (tertiary/aromatic N) is 3. The molecule has 3 fully saturated rings. The second-order valence-electron chi connectivity index (χ2n) is 11.2. The fourth-order valence-electron chi connectivity index (χ4n) is 7.04. The van der Waals surface area contributed by atoms with E-state index in [2.05, 4.69) is 29.1 Å². The van der Waals surface area contributed by atoms with Crippen LogP contribution in [-0.2, 0) is 19.1 Å². The molecular formula is C33H38BrN3O6. The lowest BCUT2D eigenvalue weighted by molar-refractivity contribution is -0.144. The predicted octanol–water partition coefficient (Wildman–Crippen LogP) is 3.95. The van der Waals surface area contributed by atoms with Gasteiger partial charge in [0.05, 0.1) is 37.7 Å². The van der Waals surface area contributed by atoms with E-state index in [0.717, 1.165) is 0 Å². The number of halogens is 1. The van der Waals surface area contributed by atoms with Crippen molar-refractivity contribution in [2.75, 3.05) is 36.6 Å². The molecule has 3 amide bonds. The van der Waals surface area contributed by atoms with E-state index in [1.807, 2.05) is 37.3 Å². The van der Waals surface area contributed by atoms with Crippen molar-refractivity contribution in [3.63, 3.8) is 0 Å². The van der Waals surface area contributed by atoms with Gasteiger partial charge in [-0.15, -0.1) is 13.2 Å². The van der Waals surface area contributed by atoms with Crippen LogP contribution in [0.15, 0.2) is 79.9 Å². The second-order valence-corrected chi connectivity index (χ2v) is 12.3. The number of aliphatic hydroxyl groups excluding tert-OH is 1. The van der Waals surface area contributed by atoms with Gasteiger partial charge in [-0.25, -0.2) is 0 Å². The van der Waals surface area contributed by atoms with Crippen LogP contribution in [0.2, 0.25) is 0 Å². The average molecular weight is 653 g/mol. The number of methoxy groups -OCH3 is 1. The third-order valence-electron chi connectivity index (χ3n) is 8.93. The first-order valence-corrected chi connectivity index (χ1v) is 15.5. The van der Waals surface area contributed by atoms with Crippen LogP contribution in [0.5, 0.6) is 5.75 Å². The molecule has 3 aliphatic rings. The van der Waals surface area contributed by atoms with Crippen molar-refractivity contribution in [1.29, 1.82) is 0 Å². The minimum Gasteiger partial charge on any atom is -0.497 e. The maximum atomic E-state index is 14.7. The molecule has 228 valence electrons. The summed E-state index contributed by atoms with van der Waals surface area (Å²) in [6.07, 6.45) is 3.45. The third kappa shape index (κ3) is 5.09. The summed E-state index contributed by atoms with van der Waals surface area (Å²) in [5.41, 5.74) is 0.0220. The van der Waals surface area contributed by atoms with Gasteiger partial charge in [0.15, 0.2) is 0 Å². The van der Waals surface area contributed by atoms with Crippen molar-refractivity contribution in [1.82, 2.24) is 4.90 Å². The topological polar surface area (TPSA) is 99.6 Å². The van der Waals surface area contributed by atoms with Gasteiger partial charge in [0.1, 0.15) is 17.4 Å². The van der Waals surface area contributed by atoms with E-state index >= 15 is 0 Å². The van der Waals surface area contributed by atoms with Crippen molar-refractivity contribution in [3.05, 3.63) is 79.9 Å². The molecule has 2 aromatic rings. The first-order chi connectivity index (χ1) is 20.8. The number of hydrogen-bond donors (Lipinski definition) is 1. The average Bonchev–Trinajstić information content (AvgIpc) is 3.62. The monoisotopic (exact) mass is 651 g/mol. The molecule has 0 aromatic heterocycles. The summed E-state index contributed by atoms with van der Waals surface area (Å²) < 4.78 is 12.0. The minimum absolute atomic E-state index is 0.186. The van der Waals surface area contributed by atoms with Crippen LogP contribution < -0.4 is 14.5 Å². The van der Waals surface area contributed by atoms with Gasteiger partial charge in [0, 0.05) is 29.3 Å². The smallest absolute Gasteiger partial charge is 0.253 e. The highest BCUT2D eigenvalue weighted by molar-refractivity contribution is 9.09. The van der Waals surface area contributed by atoms with Gasteiger partial charge in [0.2, 0.25) is 11.8 Å². The van der Waals surface area contributed by atoms with Crippen LogP contribution in [0.3, 0.4) is 0 Å². The van der Waals surface area contributed by atoms with E-state index in [4.69, 9.17) is 9.47 Å². The molecule has 3 aliphatic heterocycles. The molecule has 10 heteroatoms. The highest BCUT2D eigenvalue weighted by atomic mass is 79.9. The molecule has 43 heavy (non-hydrogen) atoms. The van der Waals surface area contributed by atoms with E-state index in [1.165, 1.54) is 4.90 Å². The first kappa shape index (κ1) is 31.0. The van der Waals surface area contributed by atoms with E-state index in [9.17, 15) is 19.5 Å². The van der Waals surface area contributed by atoms with E-state index < -0.39 is 35.6 Å². The summed E-state index contributed by atoms with van der Waals surface area (Å²) in [6.45, 7) is 9.67. The van der Waals surface area contributed by atoms with Gasteiger partial charge in [0.25, 0.3) is 5.91 Å². The zero-order valence-corrected chi connectivity index (χ0v) is 26.1. The molecule has 3 heterocycles. The van der Waals surface area contributed by atoms with Gasteiger partial charge in [-0.05, 0) is 49.2 Å². The summed E-state index contributed by atoms with van der Waals surface area (Å²) >= 11 is 3.75. The molecular weight excluding hydrogens is 614 g/mol. The normalized spacial score (nSPS) is 27.9. The largest absolute Gasteiger partial charge is 0.497 e. The molecule has 5 rings (SSSR count). The highest BCUT2D eigenvalue weighted by Gasteiger charge is 2.77. The molecule has 0 aliphatic carbocycles. The van der Waals surface area contributed by atoms with E-state index in [1.54, 1.807) is 53.3 Å². The highest BCUT2D eigenvalue weighted by Crippen LogP contribution is 2.61. The Hall–Kier alpha value is -3.47. The number of likely N-dealkylation sites (tertiary alicyclic amines) is 1. The number of amides is 3. The van der Waals surface area contributed by atoms with Gasteiger partial charge < -0.3 is 29.3 Å². The van der Waals surface area contributed by atoms with Crippen molar-refractivity contribution >= 4 is 45.0 Å². The van der Waals surface area contributed by atoms with Crippen LogP contribution in [0.4, 0.5) is 11.4 Å². The molecule has 1 N–H and O–H groups in total. The number of fused-ring (bicyclic) bond motifs is 1. The Kier molecular flexibility index (Phi) is 9.10. The lowest BCUT2D eigenvalue weighted by Crippen LogP contribution is -2.59. The molecule has 9 nitrogen and oxygen atoms in total. The quantitative estimate of drug-likeness (QED) is 0.276. The predicted molar refractivity (Wildman–Crippen MR) is 168 cm³/mol. The second kappa shape index (κ2) is 12.6. The number of anilines is 2. The van der Waals surface area contributed by atoms with Crippen LogP contribution in [-0.4, -0.2) is 83.2 Å². The minimum atomic E-state index is -1.27. The van der Waals surface area contributed by atoms with E-state index in [-0.39, 0.29) is 42.2 Å². The number of hydrogen-bond acceptors (Lipinski definition) is 6. The first-order valence-electron chi connectivity index (χ1n) is 14.6. The van der Waals surface area contributed by atoms with Gasteiger partial charge in [-0.1, -0.05) is 53.2 Å². The van der Waals surface area contributed by atoms with Gasteiger partial charge >= 0.3 is 0 Å². The molecule has 2 aromatic carbocycles. The maximum Gasteiger partial charge on any atom is 0.253 e. The molecule has 1 spiro atoms. The molecule has 3 saturated heterocycles. The molecule has 0 radical (unpaired) electrons. The van der Waals surface area contributed by atoms with Crippen molar-refractivity contribution in [2.24, 2.45) is 11.8 Å². The Morgan fingerprint density at radius 1 is 1.09 bits per heavy atom. The number of carbonyl (C=O) groups excluding carboxylic acids is 3. The number of alkyl halides is 1. The maximum absolute atomic E-state index is 14.7. The summed E-state index contributed by atoms with van der Waals surface area (Å²) in [5, 5.41) is 10.4. The van der Waals surface area contributed by atoms with Crippen molar-refractivity contribution < 1.29 is 29.0 Å². The molecule has 7 atom stereocenters. The molecule has 0 saturated carbocycles. The number of ether oxygens (including phenoxy) is 2. The SMILES string of the molecule is C=CCN(C(=O)C1N([C@@H](CC)CO)C(=O)[C@@H]2[C@@H](C(=O)N(CC=C)c3ccccc3)[C@@H]3OC12CC3Br)c1ccc(OC)cc1.